The van der Waals surface area contributed by atoms with Crippen LogP contribution in [0.25, 0.3) is 0 Å². The van der Waals surface area contributed by atoms with Crippen molar-refractivity contribution in [3.63, 3.8) is 0 Å². The minimum absolute atomic E-state index is 0.161. The molecule has 0 aromatic heterocycles. The van der Waals surface area contributed by atoms with E-state index in [2.05, 4.69) is 11.8 Å². The molecule has 1 aliphatic heterocycles. The van der Waals surface area contributed by atoms with Crippen molar-refractivity contribution in [2.45, 2.75) is 26.0 Å². The Morgan fingerprint density at radius 1 is 1.53 bits per heavy atom. The van der Waals surface area contributed by atoms with Crippen LogP contribution in [0.3, 0.4) is 0 Å². The standard InChI is InChI=1S/C13H17ClFNO/c1-9-4-5-16(8-13(9)17)7-10-2-3-12(15)11(14)6-10/h2-3,6,9,13,17H,4-5,7-8H2,1H3. The molecule has 94 valence electrons. The van der Waals surface area contributed by atoms with Gasteiger partial charge in [0.15, 0.2) is 0 Å². The predicted octanol–water partition coefficient (Wildman–Crippen LogP) is 2.68. The van der Waals surface area contributed by atoms with E-state index in [0.717, 1.165) is 18.5 Å². The number of aliphatic hydroxyl groups excluding tert-OH is 1. The molecule has 1 saturated heterocycles. The third-order valence-electron chi connectivity index (χ3n) is 3.39. The summed E-state index contributed by atoms with van der Waals surface area (Å²) in [5.41, 5.74) is 0.984. The van der Waals surface area contributed by atoms with E-state index in [1.54, 1.807) is 12.1 Å². The molecule has 0 bridgehead atoms. The lowest BCUT2D eigenvalue weighted by molar-refractivity contribution is 0.0259. The van der Waals surface area contributed by atoms with E-state index in [4.69, 9.17) is 11.6 Å². The number of halogens is 2. The molecule has 2 rings (SSSR count). The summed E-state index contributed by atoms with van der Waals surface area (Å²) in [7, 11) is 0. The van der Waals surface area contributed by atoms with Gasteiger partial charge in [0, 0.05) is 13.1 Å². The minimum Gasteiger partial charge on any atom is -0.392 e. The zero-order valence-corrected chi connectivity index (χ0v) is 10.6. The molecule has 2 unspecified atom stereocenters. The molecule has 4 heteroatoms. The molecule has 2 nitrogen and oxygen atoms in total. The Hall–Kier alpha value is -0.640. The quantitative estimate of drug-likeness (QED) is 0.881. The summed E-state index contributed by atoms with van der Waals surface area (Å²) in [6.45, 7) is 4.42. The lowest BCUT2D eigenvalue weighted by Crippen LogP contribution is -2.42. The summed E-state index contributed by atoms with van der Waals surface area (Å²) in [6, 6.07) is 4.79. The maximum atomic E-state index is 13.0. The average Bonchev–Trinajstić information content (AvgIpc) is 2.29. The lowest BCUT2D eigenvalue weighted by Gasteiger charge is -2.34. The first-order valence-corrected chi connectivity index (χ1v) is 6.28. The molecule has 1 N–H and O–H groups in total. The Bertz CT molecular complexity index is 399. The van der Waals surface area contributed by atoms with Crippen LogP contribution in [0.2, 0.25) is 5.02 Å². The highest BCUT2D eigenvalue weighted by Gasteiger charge is 2.24. The van der Waals surface area contributed by atoms with Crippen molar-refractivity contribution in [3.8, 4) is 0 Å². The third kappa shape index (κ3) is 3.18. The number of β-amino-alcohol motifs (C(OH)–C–C–N with tert-alkyl or cyclic N) is 1. The van der Waals surface area contributed by atoms with Gasteiger partial charge in [-0.3, -0.25) is 4.90 Å². The molecule has 0 aliphatic carbocycles. The number of piperidine rings is 1. The van der Waals surface area contributed by atoms with Crippen LogP contribution in [0.1, 0.15) is 18.9 Å². The normalized spacial score (nSPS) is 26.1. The topological polar surface area (TPSA) is 23.5 Å². The summed E-state index contributed by atoms with van der Waals surface area (Å²) < 4.78 is 13.0. The number of hydrogen-bond acceptors (Lipinski definition) is 2. The fourth-order valence-corrected chi connectivity index (χ4v) is 2.36. The lowest BCUT2D eigenvalue weighted by atomic mass is 9.96. The number of benzene rings is 1. The monoisotopic (exact) mass is 257 g/mol. The highest BCUT2D eigenvalue weighted by atomic mass is 35.5. The van der Waals surface area contributed by atoms with E-state index in [1.165, 1.54) is 6.07 Å². The van der Waals surface area contributed by atoms with E-state index in [-0.39, 0.29) is 16.9 Å². The molecule has 17 heavy (non-hydrogen) atoms. The van der Waals surface area contributed by atoms with Crippen molar-refractivity contribution in [1.29, 1.82) is 0 Å². The first-order chi connectivity index (χ1) is 8.06. The second-order valence-corrected chi connectivity index (χ2v) is 5.22. The van der Waals surface area contributed by atoms with Crippen LogP contribution in [0.5, 0.6) is 0 Å². The largest absolute Gasteiger partial charge is 0.392 e. The van der Waals surface area contributed by atoms with Crippen LogP contribution in [0.15, 0.2) is 18.2 Å². The molecule has 0 radical (unpaired) electrons. The van der Waals surface area contributed by atoms with Gasteiger partial charge in [-0.25, -0.2) is 4.39 Å². The first kappa shape index (κ1) is 12.8. The Kier molecular flexibility index (Phi) is 4.02. The number of likely N-dealkylation sites (tertiary alicyclic amines) is 1. The number of rotatable bonds is 2. The van der Waals surface area contributed by atoms with Crippen molar-refractivity contribution >= 4 is 11.6 Å². The number of hydrogen-bond donors (Lipinski definition) is 1. The van der Waals surface area contributed by atoms with Crippen LogP contribution in [0, 0.1) is 11.7 Å². The fraction of sp³-hybridized carbons (Fsp3) is 0.538. The zero-order chi connectivity index (χ0) is 12.4. The van der Waals surface area contributed by atoms with Crippen LogP contribution >= 0.6 is 11.6 Å². The van der Waals surface area contributed by atoms with Crippen molar-refractivity contribution in [2.75, 3.05) is 13.1 Å². The Balaban J connectivity index is 1.99. The van der Waals surface area contributed by atoms with Gasteiger partial charge in [-0.05, 0) is 36.6 Å². The smallest absolute Gasteiger partial charge is 0.141 e. The van der Waals surface area contributed by atoms with E-state index >= 15 is 0 Å². The van der Waals surface area contributed by atoms with Crippen LogP contribution in [-0.2, 0) is 6.54 Å². The first-order valence-electron chi connectivity index (χ1n) is 5.90. The molecule has 1 aromatic carbocycles. The van der Waals surface area contributed by atoms with Crippen molar-refractivity contribution in [1.82, 2.24) is 4.90 Å². The Morgan fingerprint density at radius 3 is 2.94 bits per heavy atom. The fourth-order valence-electron chi connectivity index (χ4n) is 2.15. The maximum absolute atomic E-state index is 13.0. The average molecular weight is 258 g/mol. The van der Waals surface area contributed by atoms with Gasteiger partial charge < -0.3 is 5.11 Å². The van der Waals surface area contributed by atoms with Gasteiger partial charge in [0.05, 0.1) is 11.1 Å². The Morgan fingerprint density at radius 2 is 2.29 bits per heavy atom. The Labute approximate surface area is 106 Å². The molecule has 0 amide bonds. The van der Waals surface area contributed by atoms with Gasteiger partial charge in [0.1, 0.15) is 5.82 Å². The van der Waals surface area contributed by atoms with Crippen LogP contribution in [0.4, 0.5) is 4.39 Å². The highest BCUT2D eigenvalue weighted by molar-refractivity contribution is 6.30. The molecular weight excluding hydrogens is 241 g/mol. The number of nitrogens with zero attached hydrogens (tertiary/aromatic N) is 1. The highest BCUT2D eigenvalue weighted by Crippen LogP contribution is 2.21. The molecule has 2 atom stereocenters. The molecule has 0 saturated carbocycles. The van der Waals surface area contributed by atoms with Crippen LogP contribution in [-0.4, -0.2) is 29.2 Å². The second-order valence-electron chi connectivity index (χ2n) is 4.82. The SMILES string of the molecule is CC1CCN(Cc2ccc(F)c(Cl)c2)CC1O. The van der Waals surface area contributed by atoms with Crippen molar-refractivity contribution in [3.05, 3.63) is 34.6 Å². The van der Waals surface area contributed by atoms with Crippen molar-refractivity contribution < 1.29 is 9.50 Å². The summed E-state index contributed by atoms with van der Waals surface area (Å²) >= 11 is 5.74. The molecule has 1 aromatic rings. The summed E-state index contributed by atoms with van der Waals surface area (Å²) in [5.74, 6) is -0.0224. The summed E-state index contributed by atoms with van der Waals surface area (Å²) in [5, 5.41) is 9.96. The minimum atomic E-state index is -0.386. The van der Waals surface area contributed by atoms with Gasteiger partial charge in [-0.15, -0.1) is 0 Å². The summed E-state index contributed by atoms with van der Waals surface area (Å²) in [4.78, 5) is 2.17. The number of aliphatic hydroxyl groups is 1. The maximum Gasteiger partial charge on any atom is 0.141 e. The molecular formula is C13H17ClFNO. The second kappa shape index (κ2) is 5.34. The molecule has 1 aliphatic rings. The molecule has 1 heterocycles. The molecule has 1 fully saturated rings. The van der Waals surface area contributed by atoms with Gasteiger partial charge in [0.25, 0.3) is 0 Å². The van der Waals surface area contributed by atoms with Gasteiger partial charge in [-0.1, -0.05) is 24.6 Å². The van der Waals surface area contributed by atoms with Gasteiger partial charge in [0.2, 0.25) is 0 Å². The van der Waals surface area contributed by atoms with E-state index in [0.29, 0.717) is 19.0 Å². The van der Waals surface area contributed by atoms with E-state index < -0.39 is 0 Å². The van der Waals surface area contributed by atoms with Gasteiger partial charge in [-0.2, -0.15) is 0 Å². The third-order valence-corrected chi connectivity index (χ3v) is 3.68. The predicted molar refractivity (Wildman–Crippen MR) is 66.5 cm³/mol. The van der Waals surface area contributed by atoms with Crippen molar-refractivity contribution in [2.24, 2.45) is 5.92 Å². The van der Waals surface area contributed by atoms with E-state index in [9.17, 15) is 9.50 Å². The van der Waals surface area contributed by atoms with E-state index in [1.807, 2.05) is 0 Å². The zero-order valence-electron chi connectivity index (χ0n) is 9.87. The molecule has 0 spiro atoms. The summed E-state index contributed by atoms with van der Waals surface area (Å²) in [6.07, 6.45) is 0.732. The van der Waals surface area contributed by atoms with Gasteiger partial charge >= 0.3 is 0 Å². The van der Waals surface area contributed by atoms with Crippen LogP contribution < -0.4 is 0 Å².